The lowest BCUT2D eigenvalue weighted by atomic mass is 9.94. The van der Waals surface area contributed by atoms with E-state index in [9.17, 15) is 0 Å². The fourth-order valence-electron chi connectivity index (χ4n) is 2.73. The van der Waals surface area contributed by atoms with Crippen LogP contribution in [0.25, 0.3) is 10.1 Å². The Bertz CT molecular complexity index is 503. The van der Waals surface area contributed by atoms with Gasteiger partial charge in [-0.3, -0.25) is 0 Å². The Balaban J connectivity index is 1.93. The Morgan fingerprint density at radius 1 is 1.21 bits per heavy atom. The summed E-state index contributed by atoms with van der Waals surface area (Å²) in [7, 11) is 0. The van der Waals surface area contributed by atoms with Crippen molar-refractivity contribution in [3.63, 3.8) is 0 Å². The predicted molar refractivity (Wildman–Crippen MR) is 87.1 cm³/mol. The summed E-state index contributed by atoms with van der Waals surface area (Å²) in [5.74, 6) is 0.734. The van der Waals surface area contributed by atoms with Crippen LogP contribution in [0, 0.1) is 5.92 Å². The van der Waals surface area contributed by atoms with Crippen LogP contribution in [0.2, 0.25) is 0 Å². The number of hydrogen-bond donors (Lipinski definition) is 1. The van der Waals surface area contributed by atoms with Gasteiger partial charge in [0.05, 0.1) is 0 Å². The standard InChI is InChI=1S/C17H25NS/c1-4-9-18-14(3)10-13(2)11-15-12-19-17-8-6-5-7-16(15)17/h5-8,12-14,18H,4,9-11H2,1-3H3. The third-order valence-electron chi connectivity index (χ3n) is 3.63. The minimum atomic E-state index is 0.625. The molecule has 2 heteroatoms. The molecular weight excluding hydrogens is 250 g/mol. The SMILES string of the molecule is CCCNC(C)CC(C)Cc1csc2ccccc12. The molecule has 2 aromatic rings. The molecule has 1 N–H and O–H groups in total. The first-order chi connectivity index (χ1) is 9.20. The molecule has 19 heavy (non-hydrogen) atoms. The van der Waals surface area contributed by atoms with Gasteiger partial charge in [0.2, 0.25) is 0 Å². The molecule has 0 aliphatic heterocycles. The first-order valence-corrected chi connectivity index (χ1v) is 8.27. The number of benzene rings is 1. The molecule has 0 bridgehead atoms. The largest absolute Gasteiger partial charge is 0.314 e. The highest BCUT2D eigenvalue weighted by molar-refractivity contribution is 7.17. The van der Waals surface area contributed by atoms with Crippen molar-refractivity contribution in [2.45, 2.75) is 46.1 Å². The summed E-state index contributed by atoms with van der Waals surface area (Å²) >= 11 is 1.87. The summed E-state index contributed by atoms with van der Waals surface area (Å²) in [5.41, 5.74) is 1.52. The topological polar surface area (TPSA) is 12.0 Å². The molecule has 2 atom stereocenters. The van der Waals surface area contributed by atoms with Gasteiger partial charge in [0.15, 0.2) is 0 Å². The van der Waals surface area contributed by atoms with Crippen LogP contribution >= 0.6 is 11.3 Å². The molecule has 0 fully saturated rings. The molecule has 0 amide bonds. The van der Waals surface area contributed by atoms with E-state index in [1.165, 1.54) is 34.9 Å². The zero-order valence-corrected chi connectivity index (χ0v) is 13.1. The number of fused-ring (bicyclic) bond motifs is 1. The van der Waals surface area contributed by atoms with Gasteiger partial charge in [-0.1, -0.05) is 32.0 Å². The molecule has 0 aliphatic carbocycles. The maximum absolute atomic E-state index is 3.58. The van der Waals surface area contributed by atoms with Crippen LogP contribution in [0.5, 0.6) is 0 Å². The minimum absolute atomic E-state index is 0.625. The van der Waals surface area contributed by atoms with Crippen LogP contribution in [-0.4, -0.2) is 12.6 Å². The van der Waals surface area contributed by atoms with Crippen molar-refractivity contribution >= 4 is 21.4 Å². The van der Waals surface area contributed by atoms with E-state index in [-0.39, 0.29) is 0 Å². The lowest BCUT2D eigenvalue weighted by molar-refractivity contribution is 0.420. The second kappa shape index (κ2) is 7.06. The van der Waals surface area contributed by atoms with E-state index in [0.29, 0.717) is 6.04 Å². The average molecular weight is 275 g/mol. The lowest BCUT2D eigenvalue weighted by Gasteiger charge is -2.18. The molecule has 104 valence electrons. The third-order valence-corrected chi connectivity index (χ3v) is 4.64. The van der Waals surface area contributed by atoms with E-state index in [1.807, 2.05) is 11.3 Å². The molecule has 0 radical (unpaired) electrons. The highest BCUT2D eigenvalue weighted by atomic mass is 32.1. The predicted octanol–water partition coefficient (Wildman–Crippen LogP) is 4.86. The van der Waals surface area contributed by atoms with Gasteiger partial charge in [0.25, 0.3) is 0 Å². The maximum Gasteiger partial charge on any atom is 0.0345 e. The molecule has 1 heterocycles. The van der Waals surface area contributed by atoms with Crippen molar-refractivity contribution in [3.05, 3.63) is 35.2 Å². The van der Waals surface area contributed by atoms with Gasteiger partial charge in [-0.2, -0.15) is 0 Å². The number of rotatable bonds is 7. The van der Waals surface area contributed by atoms with Crippen LogP contribution in [0.3, 0.4) is 0 Å². The van der Waals surface area contributed by atoms with Crippen molar-refractivity contribution in [3.8, 4) is 0 Å². The Kier molecular flexibility index (Phi) is 5.41. The molecule has 1 aromatic carbocycles. The number of nitrogens with one attached hydrogen (secondary N) is 1. The van der Waals surface area contributed by atoms with Gasteiger partial charge in [0, 0.05) is 10.7 Å². The zero-order valence-electron chi connectivity index (χ0n) is 12.3. The summed E-state index contributed by atoms with van der Waals surface area (Å²) in [6.07, 6.45) is 3.67. The summed E-state index contributed by atoms with van der Waals surface area (Å²) in [5, 5.41) is 7.37. The Morgan fingerprint density at radius 2 is 2.00 bits per heavy atom. The van der Waals surface area contributed by atoms with E-state index < -0.39 is 0 Å². The van der Waals surface area contributed by atoms with E-state index >= 15 is 0 Å². The number of thiophene rings is 1. The summed E-state index contributed by atoms with van der Waals surface area (Å²) < 4.78 is 1.42. The summed E-state index contributed by atoms with van der Waals surface area (Å²) in [6.45, 7) is 8.03. The fourth-order valence-corrected chi connectivity index (χ4v) is 3.70. The van der Waals surface area contributed by atoms with Crippen molar-refractivity contribution in [1.82, 2.24) is 5.32 Å². The van der Waals surface area contributed by atoms with E-state index in [4.69, 9.17) is 0 Å². The highest BCUT2D eigenvalue weighted by Gasteiger charge is 2.11. The molecule has 1 nitrogen and oxygen atoms in total. The van der Waals surface area contributed by atoms with Crippen molar-refractivity contribution in [2.24, 2.45) is 5.92 Å². The third kappa shape index (κ3) is 4.05. The van der Waals surface area contributed by atoms with Crippen LogP contribution in [0.15, 0.2) is 29.6 Å². The minimum Gasteiger partial charge on any atom is -0.314 e. The van der Waals surface area contributed by atoms with E-state index in [2.05, 4.69) is 55.7 Å². The Hall–Kier alpha value is -0.860. The van der Waals surface area contributed by atoms with Crippen LogP contribution in [0.1, 0.15) is 39.2 Å². The molecular formula is C17H25NS. The summed E-state index contributed by atoms with van der Waals surface area (Å²) in [6, 6.07) is 9.38. The lowest BCUT2D eigenvalue weighted by Crippen LogP contribution is -2.28. The normalized spacial score (nSPS) is 14.7. The van der Waals surface area contributed by atoms with Crippen molar-refractivity contribution < 1.29 is 0 Å². The van der Waals surface area contributed by atoms with E-state index in [0.717, 1.165) is 12.5 Å². The second-order valence-corrected chi connectivity index (χ2v) is 6.57. The van der Waals surface area contributed by atoms with Gasteiger partial charge in [-0.15, -0.1) is 11.3 Å². The van der Waals surface area contributed by atoms with Gasteiger partial charge >= 0.3 is 0 Å². The molecule has 2 rings (SSSR count). The van der Waals surface area contributed by atoms with Crippen LogP contribution < -0.4 is 5.32 Å². The molecule has 0 aliphatic rings. The Morgan fingerprint density at radius 3 is 2.79 bits per heavy atom. The van der Waals surface area contributed by atoms with Gasteiger partial charge < -0.3 is 5.32 Å². The van der Waals surface area contributed by atoms with E-state index in [1.54, 1.807) is 0 Å². The van der Waals surface area contributed by atoms with Crippen molar-refractivity contribution in [2.75, 3.05) is 6.54 Å². The van der Waals surface area contributed by atoms with Gasteiger partial charge in [0.1, 0.15) is 0 Å². The van der Waals surface area contributed by atoms with Crippen LogP contribution in [0.4, 0.5) is 0 Å². The molecule has 2 unspecified atom stereocenters. The quantitative estimate of drug-likeness (QED) is 0.761. The zero-order chi connectivity index (χ0) is 13.7. The van der Waals surface area contributed by atoms with Crippen LogP contribution in [-0.2, 0) is 6.42 Å². The highest BCUT2D eigenvalue weighted by Crippen LogP contribution is 2.28. The smallest absolute Gasteiger partial charge is 0.0345 e. The molecule has 0 spiro atoms. The second-order valence-electron chi connectivity index (χ2n) is 5.66. The number of hydrogen-bond acceptors (Lipinski definition) is 2. The fraction of sp³-hybridized carbons (Fsp3) is 0.529. The average Bonchev–Trinajstić information content (AvgIpc) is 2.80. The first-order valence-electron chi connectivity index (χ1n) is 7.39. The first kappa shape index (κ1) is 14.5. The van der Waals surface area contributed by atoms with Gasteiger partial charge in [-0.05, 0) is 61.0 Å². The monoisotopic (exact) mass is 275 g/mol. The summed E-state index contributed by atoms with van der Waals surface area (Å²) in [4.78, 5) is 0. The van der Waals surface area contributed by atoms with Gasteiger partial charge in [-0.25, -0.2) is 0 Å². The molecule has 0 saturated carbocycles. The maximum atomic E-state index is 3.58. The molecule has 0 saturated heterocycles. The van der Waals surface area contributed by atoms with Crippen molar-refractivity contribution in [1.29, 1.82) is 0 Å². The molecule has 1 aromatic heterocycles. The Labute approximate surface area is 121 Å².